The summed E-state index contributed by atoms with van der Waals surface area (Å²) in [6.45, 7) is 1.87. The Labute approximate surface area is 126 Å². The van der Waals surface area contributed by atoms with Crippen LogP contribution in [0.3, 0.4) is 0 Å². The Morgan fingerprint density at radius 1 is 1.48 bits per heavy atom. The molecule has 6 nitrogen and oxygen atoms in total. The second-order valence-electron chi connectivity index (χ2n) is 5.95. The standard InChI is InChI=1S/C15H26N4O2/c1-21-10-9-19-8-5-13(18-19)17-14(20)11-15(12-16)6-3-2-4-7-15/h5,8H,2-4,6-7,9-12,16H2,1H3,(H,17,18,20). The lowest BCUT2D eigenvalue weighted by Crippen LogP contribution is -2.36. The number of hydrogen-bond donors (Lipinski definition) is 2. The van der Waals surface area contributed by atoms with Crippen molar-refractivity contribution in [2.45, 2.75) is 45.1 Å². The number of nitrogens with two attached hydrogens (primary N) is 1. The Balaban J connectivity index is 1.87. The van der Waals surface area contributed by atoms with Crippen LogP contribution in [-0.2, 0) is 16.1 Å². The highest BCUT2D eigenvalue weighted by Crippen LogP contribution is 2.38. The summed E-state index contributed by atoms with van der Waals surface area (Å²) in [4.78, 5) is 12.2. The number of aromatic nitrogens is 2. The summed E-state index contributed by atoms with van der Waals surface area (Å²) in [7, 11) is 1.66. The van der Waals surface area contributed by atoms with Gasteiger partial charge >= 0.3 is 0 Å². The third-order valence-electron chi connectivity index (χ3n) is 4.32. The quantitative estimate of drug-likeness (QED) is 0.803. The Kier molecular flexibility index (Phi) is 5.76. The van der Waals surface area contributed by atoms with E-state index in [4.69, 9.17) is 10.5 Å². The number of carbonyl (C=O) groups is 1. The number of nitrogens with one attached hydrogen (secondary N) is 1. The van der Waals surface area contributed by atoms with Crippen LogP contribution in [-0.4, -0.2) is 35.9 Å². The van der Waals surface area contributed by atoms with E-state index in [9.17, 15) is 4.79 Å². The van der Waals surface area contributed by atoms with Crippen molar-refractivity contribution in [2.24, 2.45) is 11.1 Å². The smallest absolute Gasteiger partial charge is 0.226 e. The van der Waals surface area contributed by atoms with E-state index >= 15 is 0 Å². The molecule has 0 aromatic carbocycles. The molecule has 0 bridgehead atoms. The lowest BCUT2D eigenvalue weighted by molar-refractivity contribution is -0.118. The van der Waals surface area contributed by atoms with Crippen LogP contribution < -0.4 is 11.1 Å². The number of ether oxygens (including phenoxy) is 1. The molecule has 0 saturated heterocycles. The van der Waals surface area contributed by atoms with Gasteiger partial charge < -0.3 is 15.8 Å². The number of methoxy groups -OCH3 is 1. The average molecular weight is 294 g/mol. The predicted octanol–water partition coefficient (Wildman–Crippen LogP) is 1.77. The van der Waals surface area contributed by atoms with E-state index in [1.165, 1.54) is 19.3 Å². The van der Waals surface area contributed by atoms with Crippen molar-refractivity contribution >= 4 is 11.7 Å². The first-order chi connectivity index (χ1) is 10.2. The topological polar surface area (TPSA) is 82.2 Å². The number of hydrogen-bond acceptors (Lipinski definition) is 4. The van der Waals surface area contributed by atoms with E-state index < -0.39 is 0 Å². The molecule has 1 fully saturated rings. The highest BCUT2D eigenvalue weighted by molar-refractivity contribution is 5.90. The molecule has 2 rings (SSSR count). The third kappa shape index (κ3) is 4.54. The second kappa shape index (κ2) is 7.56. The maximum Gasteiger partial charge on any atom is 0.226 e. The minimum absolute atomic E-state index is 0.0129. The lowest BCUT2D eigenvalue weighted by atomic mass is 9.71. The van der Waals surface area contributed by atoms with Gasteiger partial charge in [-0.2, -0.15) is 5.10 Å². The van der Waals surface area contributed by atoms with Crippen LogP contribution in [0, 0.1) is 5.41 Å². The van der Waals surface area contributed by atoms with E-state index in [0.717, 1.165) is 12.8 Å². The predicted molar refractivity (Wildman–Crippen MR) is 81.9 cm³/mol. The monoisotopic (exact) mass is 294 g/mol. The van der Waals surface area contributed by atoms with Crippen LogP contribution in [0.2, 0.25) is 0 Å². The van der Waals surface area contributed by atoms with Crippen molar-refractivity contribution in [2.75, 3.05) is 25.6 Å². The van der Waals surface area contributed by atoms with Gasteiger partial charge in [-0.15, -0.1) is 0 Å². The zero-order valence-electron chi connectivity index (χ0n) is 12.8. The summed E-state index contributed by atoms with van der Waals surface area (Å²) in [6, 6.07) is 1.81. The molecule has 1 amide bonds. The van der Waals surface area contributed by atoms with Gasteiger partial charge in [-0.25, -0.2) is 0 Å². The van der Waals surface area contributed by atoms with Crippen LogP contribution in [0.25, 0.3) is 0 Å². The van der Waals surface area contributed by atoms with Crippen LogP contribution >= 0.6 is 0 Å². The van der Waals surface area contributed by atoms with Crippen LogP contribution in [0.1, 0.15) is 38.5 Å². The van der Waals surface area contributed by atoms with Crippen LogP contribution in [0.5, 0.6) is 0 Å². The first-order valence-electron chi connectivity index (χ1n) is 7.70. The molecule has 1 aliphatic rings. The van der Waals surface area contributed by atoms with E-state index in [1.54, 1.807) is 11.8 Å². The molecule has 1 heterocycles. The minimum Gasteiger partial charge on any atom is -0.383 e. The van der Waals surface area contributed by atoms with E-state index in [1.807, 2.05) is 12.3 Å². The van der Waals surface area contributed by atoms with Gasteiger partial charge in [0.05, 0.1) is 13.2 Å². The van der Waals surface area contributed by atoms with Crippen molar-refractivity contribution in [3.05, 3.63) is 12.3 Å². The molecule has 0 unspecified atom stereocenters. The molecule has 1 saturated carbocycles. The van der Waals surface area contributed by atoms with Gasteiger partial charge in [0.25, 0.3) is 0 Å². The molecule has 0 atom stereocenters. The third-order valence-corrected chi connectivity index (χ3v) is 4.32. The van der Waals surface area contributed by atoms with E-state index in [0.29, 0.717) is 31.9 Å². The summed E-state index contributed by atoms with van der Waals surface area (Å²) < 4.78 is 6.76. The van der Waals surface area contributed by atoms with E-state index in [-0.39, 0.29) is 11.3 Å². The zero-order chi connectivity index (χ0) is 15.1. The van der Waals surface area contributed by atoms with Crippen molar-refractivity contribution in [1.29, 1.82) is 0 Å². The molecule has 3 N–H and O–H groups in total. The molecule has 1 aromatic heterocycles. The molecule has 21 heavy (non-hydrogen) atoms. The molecule has 6 heteroatoms. The molecule has 1 aliphatic carbocycles. The van der Waals surface area contributed by atoms with Gasteiger partial charge in [-0.3, -0.25) is 9.48 Å². The molecule has 0 radical (unpaired) electrons. The highest BCUT2D eigenvalue weighted by atomic mass is 16.5. The van der Waals surface area contributed by atoms with Gasteiger partial charge in [0.1, 0.15) is 0 Å². The lowest BCUT2D eigenvalue weighted by Gasteiger charge is -2.35. The SMILES string of the molecule is COCCn1ccc(NC(=O)CC2(CN)CCCCC2)n1. The fraction of sp³-hybridized carbons (Fsp3) is 0.733. The normalized spacial score (nSPS) is 17.6. The highest BCUT2D eigenvalue weighted by Gasteiger charge is 2.33. The summed E-state index contributed by atoms with van der Waals surface area (Å²) in [5.41, 5.74) is 5.91. The number of carbonyl (C=O) groups excluding carboxylic acids is 1. The number of amides is 1. The summed E-state index contributed by atoms with van der Waals surface area (Å²) in [6.07, 6.45) is 8.06. The summed E-state index contributed by atoms with van der Waals surface area (Å²) in [5, 5.41) is 7.18. The molecular weight excluding hydrogens is 268 g/mol. The van der Waals surface area contributed by atoms with Crippen molar-refractivity contribution < 1.29 is 9.53 Å². The van der Waals surface area contributed by atoms with Gasteiger partial charge in [0.15, 0.2) is 5.82 Å². The minimum atomic E-state index is -0.0129. The molecule has 1 aromatic rings. The molecule has 0 aliphatic heterocycles. The van der Waals surface area contributed by atoms with Gasteiger partial charge in [-0.05, 0) is 24.8 Å². The van der Waals surface area contributed by atoms with Crippen molar-refractivity contribution in [1.82, 2.24) is 9.78 Å². The Bertz CT molecular complexity index is 452. The fourth-order valence-electron chi connectivity index (χ4n) is 3.02. The van der Waals surface area contributed by atoms with Crippen LogP contribution in [0.15, 0.2) is 12.3 Å². The summed E-state index contributed by atoms with van der Waals surface area (Å²) in [5.74, 6) is 0.610. The Morgan fingerprint density at radius 3 is 2.90 bits per heavy atom. The molecule has 118 valence electrons. The largest absolute Gasteiger partial charge is 0.383 e. The first kappa shape index (κ1) is 16.0. The van der Waals surface area contributed by atoms with Crippen molar-refractivity contribution in [3.8, 4) is 0 Å². The zero-order valence-corrected chi connectivity index (χ0v) is 12.8. The van der Waals surface area contributed by atoms with Gasteiger partial charge in [-0.1, -0.05) is 19.3 Å². The fourth-order valence-corrected chi connectivity index (χ4v) is 3.02. The number of anilines is 1. The first-order valence-corrected chi connectivity index (χ1v) is 7.70. The van der Waals surface area contributed by atoms with Gasteiger partial charge in [0, 0.05) is 25.8 Å². The number of nitrogens with zero attached hydrogens (tertiary/aromatic N) is 2. The summed E-state index contributed by atoms with van der Waals surface area (Å²) >= 11 is 0. The Morgan fingerprint density at radius 2 is 2.24 bits per heavy atom. The van der Waals surface area contributed by atoms with Crippen LogP contribution in [0.4, 0.5) is 5.82 Å². The van der Waals surface area contributed by atoms with Gasteiger partial charge in [0.2, 0.25) is 5.91 Å². The second-order valence-corrected chi connectivity index (χ2v) is 5.95. The van der Waals surface area contributed by atoms with Crippen molar-refractivity contribution in [3.63, 3.8) is 0 Å². The Hall–Kier alpha value is -1.40. The maximum atomic E-state index is 12.2. The maximum absolute atomic E-state index is 12.2. The average Bonchev–Trinajstić information content (AvgIpc) is 2.93. The number of rotatable bonds is 7. The molecular formula is C15H26N4O2. The van der Waals surface area contributed by atoms with E-state index in [2.05, 4.69) is 10.4 Å². The molecule has 0 spiro atoms.